The van der Waals surface area contributed by atoms with Gasteiger partial charge in [-0.05, 0) is 48.9 Å². The van der Waals surface area contributed by atoms with E-state index in [9.17, 15) is 4.79 Å². The van der Waals surface area contributed by atoms with Gasteiger partial charge in [-0.3, -0.25) is 4.79 Å². The first-order chi connectivity index (χ1) is 11.2. The summed E-state index contributed by atoms with van der Waals surface area (Å²) in [6, 6.07) is 17.8. The van der Waals surface area contributed by atoms with Crippen LogP contribution in [0, 0.1) is 0 Å². The van der Waals surface area contributed by atoms with Crippen molar-refractivity contribution in [2.24, 2.45) is 0 Å². The third-order valence-corrected chi connectivity index (χ3v) is 4.68. The molecule has 0 aliphatic heterocycles. The summed E-state index contributed by atoms with van der Waals surface area (Å²) < 4.78 is 5.17. The van der Waals surface area contributed by atoms with Gasteiger partial charge in [0.2, 0.25) is 0 Å². The summed E-state index contributed by atoms with van der Waals surface area (Å²) in [4.78, 5) is 13.6. The molecule has 4 heteroatoms. The summed E-state index contributed by atoms with van der Waals surface area (Å²) >= 11 is 1.82. The molecular formula is C19H23NO2S. The summed E-state index contributed by atoms with van der Waals surface area (Å²) in [5.41, 5.74) is 0.638. The average molecular weight is 329 g/mol. The normalized spacial score (nSPS) is 11.7. The lowest BCUT2D eigenvalue weighted by atomic mass is 10.1. The van der Waals surface area contributed by atoms with Gasteiger partial charge in [0, 0.05) is 16.5 Å². The van der Waals surface area contributed by atoms with Gasteiger partial charge >= 0.3 is 0 Å². The van der Waals surface area contributed by atoms with Crippen LogP contribution in [0.5, 0.6) is 5.75 Å². The van der Waals surface area contributed by atoms with Crippen LogP contribution in [0.4, 0.5) is 0 Å². The summed E-state index contributed by atoms with van der Waals surface area (Å²) in [6.07, 6.45) is 1.87. The van der Waals surface area contributed by atoms with Crippen molar-refractivity contribution in [3.63, 3.8) is 0 Å². The predicted molar refractivity (Wildman–Crippen MR) is 96.3 cm³/mol. The highest BCUT2D eigenvalue weighted by Crippen LogP contribution is 2.19. The second kappa shape index (κ2) is 9.26. The van der Waals surface area contributed by atoms with Gasteiger partial charge in [0.1, 0.15) is 5.75 Å². The average Bonchev–Trinajstić information content (AvgIpc) is 2.61. The highest BCUT2D eigenvalue weighted by molar-refractivity contribution is 7.99. The van der Waals surface area contributed by atoms with Crippen molar-refractivity contribution in [3.8, 4) is 5.75 Å². The lowest BCUT2D eigenvalue weighted by Crippen LogP contribution is -2.34. The van der Waals surface area contributed by atoms with Gasteiger partial charge in [-0.1, -0.05) is 31.2 Å². The zero-order valence-electron chi connectivity index (χ0n) is 13.6. The molecule has 0 saturated carbocycles. The van der Waals surface area contributed by atoms with Crippen LogP contribution in [0.3, 0.4) is 0 Å². The molecule has 2 rings (SSSR count). The van der Waals surface area contributed by atoms with Crippen LogP contribution < -0.4 is 10.1 Å². The van der Waals surface area contributed by atoms with Crippen molar-refractivity contribution in [1.82, 2.24) is 5.32 Å². The summed E-state index contributed by atoms with van der Waals surface area (Å²) in [7, 11) is 1.60. The van der Waals surface area contributed by atoms with Gasteiger partial charge in [0.15, 0.2) is 0 Å². The van der Waals surface area contributed by atoms with Gasteiger partial charge in [0.05, 0.1) is 7.11 Å². The van der Waals surface area contributed by atoms with Crippen LogP contribution in [-0.2, 0) is 0 Å². The Labute approximate surface area is 142 Å². The van der Waals surface area contributed by atoms with Crippen molar-refractivity contribution in [3.05, 3.63) is 60.2 Å². The van der Waals surface area contributed by atoms with Gasteiger partial charge in [-0.2, -0.15) is 0 Å². The third-order valence-electron chi connectivity index (χ3n) is 3.64. The van der Waals surface area contributed by atoms with E-state index in [0.29, 0.717) is 11.3 Å². The first-order valence-corrected chi connectivity index (χ1v) is 8.84. The number of benzene rings is 2. The van der Waals surface area contributed by atoms with E-state index >= 15 is 0 Å². The number of rotatable bonds is 8. The molecule has 0 unspecified atom stereocenters. The molecule has 23 heavy (non-hydrogen) atoms. The lowest BCUT2D eigenvalue weighted by molar-refractivity contribution is 0.0935. The molecule has 0 saturated heterocycles. The van der Waals surface area contributed by atoms with E-state index in [0.717, 1.165) is 18.6 Å². The first kappa shape index (κ1) is 17.4. The summed E-state index contributed by atoms with van der Waals surface area (Å²) in [5.74, 6) is 1.65. The zero-order valence-corrected chi connectivity index (χ0v) is 14.4. The number of hydrogen-bond acceptors (Lipinski definition) is 3. The molecule has 0 fully saturated rings. The highest BCUT2D eigenvalue weighted by atomic mass is 32.2. The molecule has 0 aliphatic rings. The zero-order chi connectivity index (χ0) is 16.5. The molecule has 3 nitrogen and oxygen atoms in total. The monoisotopic (exact) mass is 329 g/mol. The van der Waals surface area contributed by atoms with Crippen molar-refractivity contribution < 1.29 is 9.53 Å². The lowest BCUT2D eigenvalue weighted by Gasteiger charge is -2.17. The summed E-state index contributed by atoms with van der Waals surface area (Å²) in [5, 5.41) is 3.11. The van der Waals surface area contributed by atoms with Crippen LogP contribution >= 0.6 is 11.8 Å². The third kappa shape index (κ3) is 5.64. The highest BCUT2D eigenvalue weighted by Gasteiger charge is 2.12. The topological polar surface area (TPSA) is 38.3 Å². The minimum Gasteiger partial charge on any atom is -0.497 e. The predicted octanol–water partition coefficient (Wildman–Crippen LogP) is 4.39. The fourth-order valence-electron chi connectivity index (χ4n) is 2.25. The van der Waals surface area contributed by atoms with E-state index in [4.69, 9.17) is 4.74 Å². The Morgan fingerprint density at radius 2 is 1.96 bits per heavy atom. The van der Waals surface area contributed by atoms with Crippen LogP contribution in [0.25, 0.3) is 0 Å². The van der Waals surface area contributed by atoms with Gasteiger partial charge in [0.25, 0.3) is 5.91 Å². The van der Waals surface area contributed by atoms with Gasteiger partial charge in [-0.25, -0.2) is 0 Å². The molecule has 0 aliphatic carbocycles. The molecule has 1 amide bonds. The summed E-state index contributed by atoms with van der Waals surface area (Å²) in [6.45, 7) is 2.10. The van der Waals surface area contributed by atoms with Gasteiger partial charge in [-0.15, -0.1) is 11.8 Å². The Morgan fingerprint density at radius 3 is 2.65 bits per heavy atom. The number of methoxy groups -OCH3 is 1. The molecule has 0 radical (unpaired) electrons. The van der Waals surface area contributed by atoms with Crippen LogP contribution in [0.2, 0.25) is 0 Å². The molecule has 1 atom stereocenters. The van der Waals surface area contributed by atoms with E-state index in [2.05, 4.69) is 24.4 Å². The van der Waals surface area contributed by atoms with Crippen molar-refractivity contribution in [2.45, 2.75) is 30.7 Å². The molecule has 0 aromatic heterocycles. The molecule has 0 bridgehead atoms. The van der Waals surface area contributed by atoms with Crippen LogP contribution in [0.1, 0.15) is 30.1 Å². The smallest absolute Gasteiger partial charge is 0.251 e. The van der Waals surface area contributed by atoms with Gasteiger partial charge < -0.3 is 10.1 Å². The van der Waals surface area contributed by atoms with Crippen molar-refractivity contribution >= 4 is 17.7 Å². The molecule has 122 valence electrons. The van der Waals surface area contributed by atoms with Crippen molar-refractivity contribution in [1.29, 1.82) is 0 Å². The Morgan fingerprint density at radius 1 is 1.17 bits per heavy atom. The SMILES string of the molecule is CC[C@H](CCSc1ccccc1)NC(=O)c1cccc(OC)c1. The largest absolute Gasteiger partial charge is 0.497 e. The fourth-order valence-corrected chi connectivity index (χ4v) is 3.23. The van der Waals surface area contributed by atoms with E-state index in [-0.39, 0.29) is 11.9 Å². The maximum absolute atomic E-state index is 12.3. The minimum absolute atomic E-state index is 0.0412. The molecule has 0 spiro atoms. The quantitative estimate of drug-likeness (QED) is 0.730. The second-order valence-electron chi connectivity index (χ2n) is 5.26. The Bertz CT molecular complexity index is 616. The number of carbonyl (C=O) groups is 1. The van der Waals surface area contributed by atoms with E-state index in [1.807, 2.05) is 48.2 Å². The molecule has 2 aromatic carbocycles. The minimum atomic E-state index is -0.0412. The molecule has 2 aromatic rings. The maximum Gasteiger partial charge on any atom is 0.251 e. The number of ether oxygens (including phenoxy) is 1. The Hall–Kier alpha value is -1.94. The van der Waals surface area contributed by atoms with E-state index in [1.54, 1.807) is 13.2 Å². The number of hydrogen-bond donors (Lipinski definition) is 1. The Kier molecular flexibility index (Phi) is 7.01. The van der Waals surface area contributed by atoms with Crippen LogP contribution in [-0.4, -0.2) is 24.8 Å². The standard InChI is InChI=1S/C19H23NO2S/c1-3-16(12-13-23-18-10-5-4-6-11-18)20-19(21)15-8-7-9-17(14-15)22-2/h4-11,14,16H,3,12-13H2,1-2H3,(H,20,21)/t16-/m1/s1. The fraction of sp³-hybridized carbons (Fsp3) is 0.316. The van der Waals surface area contributed by atoms with E-state index in [1.165, 1.54) is 4.90 Å². The maximum atomic E-state index is 12.3. The molecule has 1 N–H and O–H groups in total. The Balaban J connectivity index is 1.84. The number of nitrogens with one attached hydrogen (secondary N) is 1. The van der Waals surface area contributed by atoms with Crippen LogP contribution in [0.15, 0.2) is 59.5 Å². The first-order valence-electron chi connectivity index (χ1n) is 7.85. The van der Waals surface area contributed by atoms with E-state index < -0.39 is 0 Å². The number of amides is 1. The second-order valence-corrected chi connectivity index (χ2v) is 6.43. The molecular weight excluding hydrogens is 306 g/mol. The number of carbonyl (C=O) groups excluding carboxylic acids is 1. The van der Waals surface area contributed by atoms with Crippen molar-refractivity contribution in [2.75, 3.05) is 12.9 Å². The number of thioether (sulfide) groups is 1. The molecule has 0 heterocycles.